The van der Waals surface area contributed by atoms with Gasteiger partial charge in [-0.3, -0.25) is 0 Å². The molecule has 0 spiro atoms. The second-order valence-corrected chi connectivity index (χ2v) is 4.68. The fourth-order valence-corrected chi connectivity index (χ4v) is 1.90. The summed E-state index contributed by atoms with van der Waals surface area (Å²) in [5.41, 5.74) is -0.954. The SMILES string of the molecule is OC1(CCC2CC2)C=CC(F)(F)CC1. The molecule has 0 saturated heterocycles. The minimum Gasteiger partial charge on any atom is -0.386 e. The van der Waals surface area contributed by atoms with Crippen LogP contribution in [0.2, 0.25) is 0 Å². The summed E-state index contributed by atoms with van der Waals surface area (Å²) in [7, 11) is 0. The molecule has 1 saturated carbocycles. The van der Waals surface area contributed by atoms with E-state index in [1.54, 1.807) is 0 Å². The highest BCUT2D eigenvalue weighted by atomic mass is 19.3. The Kier molecular flexibility index (Phi) is 2.38. The van der Waals surface area contributed by atoms with Crippen LogP contribution in [0.15, 0.2) is 12.2 Å². The lowest BCUT2D eigenvalue weighted by molar-refractivity contribution is -0.0160. The molecule has 2 rings (SSSR count). The Morgan fingerprint density at radius 3 is 2.43 bits per heavy atom. The maximum atomic E-state index is 12.8. The number of aliphatic hydroxyl groups is 1. The molecule has 0 heterocycles. The van der Waals surface area contributed by atoms with Crippen molar-refractivity contribution in [3.05, 3.63) is 12.2 Å². The fourth-order valence-electron chi connectivity index (χ4n) is 1.90. The second-order valence-electron chi connectivity index (χ2n) is 4.68. The van der Waals surface area contributed by atoms with E-state index < -0.39 is 11.5 Å². The lowest BCUT2D eigenvalue weighted by atomic mass is 9.85. The van der Waals surface area contributed by atoms with Crippen LogP contribution >= 0.6 is 0 Å². The van der Waals surface area contributed by atoms with E-state index in [9.17, 15) is 13.9 Å². The first-order valence-electron chi connectivity index (χ1n) is 5.30. The molecule has 2 aliphatic carbocycles. The van der Waals surface area contributed by atoms with Gasteiger partial charge >= 0.3 is 0 Å². The molecule has 0 aromatic carbocycles. The highest BCUT2D eigenvalue weighted by molar-refractivity contribution is 5.11. The highest BCUT2D eigenvalue weighted by Gasteiger charge is 2.38. The molecule has 2 aliphatic rings. The number of halogens is 2. The van der Waals surface area contributed by atoms with Gasteiger partial charge in [-0.15, -0.1) is 0 Å². The Balaban J connectivity index is 1.89. The Labute approximate surface area is 82.8 Å². The smallest absolute Gasteiger partial charge is 0.266 e. The van der Waals surface area contributed by atoms with Crippen LogP contribution in [0.5, 0.6) is 0 Å². The van der Waals surface area contributed by atoms with Gasteiger partial charge in [0.2, 0.25) is 0 Å². The number of alkyl halides is 2. The fraction of sp³-hybridized carbons (Fsp3) is 0.818. The normalized spacial score (nSPS) is 35.9. The van der Waals surface area contributed by atoms with E-state index in [1.807, 2.05) is 0 Å². The first kappa shape index (κ1) is 10.1. The van der Waals surface area contributed by atoms with Gasteiger partial charge in [-0.05, 0) is 31.3 Å². The van der Waals surface area contributed by atoms with Crippen molar-refractivity contribution in [3.63, 3.8) is 0 Å². The zero-order valence-electron chi connectivity index (χ0n) is 8.18. The number of hydrogen-bond donors (Lipinski definition) is 1. The van der Waals surface area contributed by atoms with Gasteiger partial charge in [-0.1, -0.05) is 18.9 Å². The van der Waals surface area contributed by atoms with Gasteiger partial charge in [0.25, 0.3) is 5.92 Å². The van der Waals surface area contributed by atoms with Gasteiger partial charge in [-0.2, -0.15) is 0 Å². The van der Waals surface area contributed by atoms with Crippen molar-refractivity contribution in [3.8, 4) is 0 Å². The molecule has 3 heteroatoms. The van der Waals surface area contributed by atoms with Crippen molar-refractivity contribution in [2.45, 2.75) is 50.0 Å². The molecule has 1 unspecified atom stereocenters. The summed E-state index contributed by atoms with van der Waals surface area (Å²) in [5, 5.41) is 9.96. The molecule has 1 nitrogen and oxygen atoms in total. The molecular weight excluding hydrogens is 186 g/mol. The van der Waals surface area contributed by atoms with Crippen LogP contribution in [-0.4, -0.2) is 16.6 Å². The maximum Gasteiger partial charge on any atom is 0.266 e. The van der Waals surface area contributed by atoms with Crippen LogP contribution < -0.4 is 0 Å². The third-order valence-electron chi connectivity index (χ3n) is 3.21. The lowest BCUT2D eigenvalue weighted by Gasteiger charge is -2.30. The van der Waals surface area contributed by atoms with Crippen molar-refractivity contribution in [2.24, 2.45) is 5.92 Å². The van der Waals surface area contributed by atoms with Gasteiger partial charge in [0, 0.05) is 6.42 Å². The standard InChI is InChI=1S/C11H16F2O/c12-11(13)7-5-10(14,6-8-11)4-3-9-1-2-9/h5,7,9,14H,1-4,6,8H2. The summed E-state index contributed by atoms with van der Waals surface area (Å²) in [6.07, 6.45) is 6.26. The lowest BCUT2D eigenvalue weighted by Crippen LogP contribution is -2.33. The van der Waals surface area contributed by atoms with E-state index in [4.69, 9.17) is 0 Å². The Hall–Kier alpha value is -0.440. The van der Waals surface area contributed by atoms with E-state index in [-0.39, 0.29) is 12.8 Å². The van der Waals surface area contributed by atoms with Crippen LogP contribution in [0.1, 0.15) is 38.5 Å². The first-order valence-corrected chi connectivity index (χ1v) is 5.30. The quantitative estimate of drug-likeness (QED) is 0.698. The molecule has 14 heavy (non-hydrogen) atoms. The summed E-state index contributed by atoms with van der Waals surface area (Å²) >= 11 is 0. The summed E-state index contributed by atoms with van der Waals surface area (Å²) in [5.74, 6) is -1.96. The predicted octanol–water partition coefficient (Wildman–Crippen LogP) is 2.89. The summed E-state index contributed by atoms with van der Waals surface area (Å²) in [4.78, 5) is 0. The van der Waals surface area contributed by atoms with Crippen molar-refractivity contribution in [2.75, 3.05) is 0 Å². The molecule has 0 radical (unpaired) electrons. The molecule has 0 aromatic heterocycles. The topological polar surface area (TPSA) is 20.2 Å². The summed E-state index contributed by atoms with van der Waals surface area (Å²) < 4.78 is 25.5. The Morgan fingerprint density at radius 1 is 1.21 bits per heavy atom. The van der Waals surface area contributed by atoms with E-state index in [0.717, 1.165) is 18.4 Å². The minimum atomic E-state index is -2.70. The van der Waals surface area contributed by atoms with Crippen LogP contribution in [0.3, 0.4) is 0 Å². The molecule has 80 valence electrons. The molecule has 0 aromatic rings. The number of hydrogen-bond acceptors (Lipinski definition) is 1. The third-order valence-corrected chi connectivity index (χ3v) is 3.21. The minimum absolute atomic E-state index is 0.198. The number of allylic oxidation sites excluding steroid dienone is 1. The molecule has 1 fully saturated rings. The molecule has 0 amide bonds. The van der Waals surface area contributed by atoms with Crippen molar-refractivity contribution in [1.82, 2.24) is 0 Å². The van der Waals surface area contributed by atoms with Crippen LogP contribution in [0.25, 0.3) is 0 Å². The van der Waals surface area contributed by atoms with Crippen LogP contribution in [0.4, 0.5) is 8.78 Å². The monoisotopic (exact) mass is 202 g/mol. The molecule has 1 atom stereocenters. The van der Waals surface area contributed by atoms with Crippen molar-refractivity contribution >= 4 is 0 Å². The van der Waals surface area contributed by atoms with Gasteiger partial charge in [-0.25, -0.2) is 8.78 Å². The molecule has 1 N–H and O–H groups in total. The number of rotatable bonds is 3. The first-order chi connectivity index (χ1) is 6.49. The van der Waals surface area contributed by atoms with E-state index in [0.29, 0.717) is 6.42 Å². The highest BCUT2D eigenvalue weighted by Crippen LogP contribution is 2.39. The largest absolute Gasteiger partial charge is 0.386 e. The van der Waals surface area contributed by atoms with Crippen molar-refractivity contribution < 1.29 is 13.9 Å². The van der Waals surface area contributed by atoms with Crippen molar-refractivity contribution in [1.29, 1.82) is 0 Å². The molecular formula is C11H16F2O. The van der Waals surface area contributed by atoms with Gasteiger partial charge in [0.1, 0.15) is 0 Å². The average Bonchev–Trinajstić information content (AvgIpc) is 2.92. The van der Waals surface area contributed by atoms with Crippen LogP contribution in [-0.2, 0) is 0 Å². The Bertz CT molecular complexity index is 246. The second kappa shape index (κ2) is 3.30. The van der Waals surface area contributed by atoms with E-state index >= 15 is 0 Å². The summed E-state index contributed by atoms with van der Waals surface area (Å²) in [6.45, 7) is 0. The zero-order chi connectivity index (χ0) is 10.2. The average molecular weight is 202 g/mol. The molecule has 0 bridgehead atoms. The van der Waals surface area contributed by atoms with E-state index in [2.05, 4.69) is 0 Å². The van der Waals surface area contributed by atoms with Gasteiger partial charge < -0.3 is 5.11 Å². The summed E-state index contributed by atoms with van der Waals surface area (Å²) in [6, 6.07) is 0. The van der Waals surface area contributed by atoms with Gasteiger partial charge in [0.05, 0.1) is 5.60 Å². The zero-order valence-corrected chi connectivity index (χ0v) is 8.18. The Morgan fingerprint density at radius 2 is 1.93 bits per heavy atom. The van der Waals surface area contributed by atoms with Gasteiger partial charge in [0.15, 0.2) is 0 Å². The van der Waals surface area contributed by atoms with Crippen LogP contribution in [0, 0.1) is 5.92 Å². The third kappa shape index (κ3) is 2.53. The maximum absolute atomic E-state index is 12.8. The molecule has 0 aliphatic heterocycles. The predicted molar refractivity (Wildman–Crippen MR) is 50.2 cm³/mol. The van der Waals surface area contributed by atoms with E-state index in [1.165, 1.54) is 18.9 Å².